The third-order valence-corrected chi connectivity index (χ3v) is 12.0. The molecule has 0 saturated heterocycles. The average Bonchev–Trinajstić information content (AvgIpc) is 4.10. The minimum absolute atomic E-state index is 0.0133. The van der Waals surface area contributed by atoms with E-state index in [1.807, 2.05) is 30.3 Å². The number of carbonyl (C=O) groups excluding carboxylic acids is 1. The van der Waals surface area contributed by atoms with Crippen molar-refractivity contribution in [2.24, 2.45) is 0 Å². The van der Waals surface area contributed by atoms with Crippen LogP contribution in [-0.4, -0.2) is 94.1 Å². The van der Waals surface area contributed by atoms with Gasteiger partial charge in [-0.1, -0.05) is 49.1 Å². The van der Waals surface area contributed by atoms with Crippen molar-refractivity contribution >= 4 is 27.5 Å². The number of hydrogen-bond donors (Lipinski definition) is 7. The molecule has 13 nitrogen and oxygen atoms in total. The Labute approximate surface area is 308 Å². The van der Waals surface area contributed by atoms with Crippen LogP contribution in [0.2, 0.25) is 5.02 Å². The minimum Gasteiger partial charge on any atom is -0.490 e. The number of halogens is 1. The molecule has 2 aromatic carbocycles. The Morgan fingerprint density at radius 2 is 1.65 bits per heavy atom. The first kappa shape index (κ1) is 38.5. The van der Waals surface area contributed by atoms with Crippen LogP contribution in [0.15, 0.2) is 65.8 Å². The molecule has 0 bridgehead atoms. The van der Waals surface area contributed by atoms with Gasteiger partial charge in [0.1, 0.15) is 29.6 Å². The molecule has 0 unspecified atom stereocenters. The predicted molar refractivity (Wildman–Crippen MR) is 191 cm³/mol. The molecule has 3 saturated carbocycles. The molecule has 3 aromatic rings. The van der Waals surface area contributed by atoms with E-state index in [9.17, 15) is 33.6 Å². The molecular weight excluding hydrogens is 714 g/mol. The molecule has 1 heterocycles. The third-order valence-electron chi connectivity index (χ3n) is 10.1. The van der Waals surface area contributed by atoms with Gasteiger partial charge in [0.15, 0.2) is 0 Å². The monoisotopic (exact) mass is 759 g/mol. The summed E-state index contributed by atoms with van der Waals surface area (Å²) in [7, 11) is -4.29. The number of aliphatic hydroxyl groups excluding tert-OH is 5. The van der Waals surface area contributed by atoms with Crippen LogP contribution in [0.4, 0.5) is 0 Å². The van der Waals surface area contributed by atoms with Crippen LogP contribution in [-0.2, 0) is 31.8 Å². The second kappa shape index (κ2) is 16.0. The quantitative estimate of drug-likeness (QED) is 0.107. The topological polar surface area (TPSA) is 208 Å². The zero-order valence-corrected chi connectivity index (χ0v) is 30.2. The number of aliphatic hydroxyl groups is 5. The Kier molecular flexibility index (Phi) is 11.9. The van der Waals surface area contributed by atoms with E-state index in [1.54, 1.807) is 12.4 Å². The summed E-state index contributed by atoms with van der Waals surface area (Å²) >= 11 is 6.58. The molecule has 7 N–H and O–H groups in total. The largest absolute Gasteiger partial charge is 0.490 e. The van der Waals surface area contributed by atoms with Gasteiger partial charge in [-0.15, -0.1) is 0 Å². The molecule has 15 heteroatoms. The van der Waals surface area contributed by atoms with Crippen molar-refractivity contribution in [2.45, 2.75) is 111 Å². The molecule has 1 aromatic heterocycles. The Bertz CT molecular complexity index is 1830. The normalized spacial score (nSPS) is 20.3. The van der Waals surface area contributed by atoms with Crippen molar-refractivity contribution in [3.8, 4) is 16.9 Å². The van der Waals surface area contributed by atoms with Crippen molar-refractivity contribution < 1.29 is 48.2 Å². The summed E-state index contributed by atoms with van der Waals surface area (Å²) in [4.78, 5) is 17.9. The fourth-order valence-corrected chi connectivity index (χ4v) is 8.34. The lowest BCUT2D eigenvalue weighted by Crippen LogP contribution is -2.61. The summed E-state index contributed by atoms with van der Waals surface area (Å²) in [6, 6.07) is 14.1. The molecular formula is C37H46ClN3O10S. The lowest BCUT2D eigenvalue weighted by atomic mass is 9.82. The van der Waals surface area contributed by atoms with Crippen molar-refractivity contribution in [3.63, 3.8) is 0 Å². The third kappa shape index (κ3) is 8.61. The first-order valence-electron chi connectivity index (χ1n) is 17.7. The first-order valence-corrected chi connectivity index (χ1v) is 19.5. The molecule has 3 fully saturated rings. The highest BCUT2D eigenvalue weighted by Crippen LogP contribution is 2.53. The van der Waals surface area contributed by atoms with Crippen molar-refractivity contribution in [1.82, 2.24) is 15.0 Å². The highest BCUT2D eigenvalue weighted by Gasteiger charge is 2.48. The molecule has 4 atom stereocenters. The summed E-state index contributed by atoms with van der Waals surface area (Å²) in [5, 5.41) is 51.9. The zero-order valence-electron chi connectivity index (χ0n) is 28.7. The van der Waals surface area contributed by atoms with E-state index in [1.165, 1.54) is 18.2 Å². The van der Waals surface area contributed by atoms with Crippen LogP contribution >= 0.6 is 11.6 Å². The van der Waals surface area contributed by atoms with Gasteiger partial charge < -0.3 is 40.3 Å². The van der Waals surface area contributed by atoms with Gasteiger partial charge in [-0.2, -0.15) is 4.72 Å². The molecule has 3 aliphatic carbocycles. The Morgan fingerprint density at radius 3 is 2.35 bits per heavy atom. The first-order chi connectivity index (χ1) is 24.9. The van der Waals surface area contributed by atoms with Gasteiger partial charge in [0.25, 0.3) is 0 Å². The fourth-order valence-electron chi connectivity index (χ4n) is 6.70. The molecule has 1 amide bonds. The van der Waals surface area contributed by atoms with Gasteiger partial charge in [0, 0.05) is 35.1 Å². The van der Waals surface area contributed by atoms with Gasteiger partial charge >= 0.3 is 0 Å². The summed E-state index contributed by atoms with van der Waals surface area (Å²) < 4.78 is 43.2. The standard InChI is InChI=1S/C37H46ClN3O10S/c38-29-11-10-25(52(48,49)41-36(13-4-1-5-14-36)35(47)40-20-30(43)33(45)34(46)31(44)21-42)18-23(29)22-50-37(15-16-37)28-19-39-17-12-26(28)27-6-2-3-7-32(27)51-24-8-9-24/h2-3,6-7,10-12,17-19,24,30-31,33-34,41-46H,1,4-5,8-9,13-16,20-22H2,(H,40,47)/t30-,31+,33+,34+/m0/s1. The molecule has 282 valence electrons. The molecule has 0 aliphatic heterocycles. The van der Waals surface area contributed by atoms with Crippen molar-refractivity contribution in [1.29, 1.82) is 0 Å². The van der Waals surface area contributed by atoms with Gasteiger partial charge in [0.2, 0.25) is 15.9 Å². The second-order valence-electron chi connectivity index (χ2n) is 14.0. The zero-order chi connectivity index (χ0) is 37.1. The molecule has 52 heavy (non-hydrogen) atoms. The number of pyridine rings is 1. The number of ether oxygens (including phenoxy) is 2. The lowest BCUT2D eigenvalue weighted by molar-refractivity contribution is -0.131. The number of nitrogens with zero attached hydrogens (tertiary/aromatic N) is 1. The van der Waals surface area contributed by atoms with Crippen LogP contribution in [0, 0.1) is 0 Å². The summed E-state index contributed by atoms with van der Waals surface area (Å²) in [5.74, 6) is 0.0976. The SMILES string of the molecule is O=C(NC[C@H](O)[C@@H](O)[C@H](O)[C@H](O)CO)C1(NS(=O)(=O)c2ccc(Cl)c(COC3(c4cnccc4-c4ccccc4OC4CC4)CC3)c2)CCCCC1. The maximum Gasteiger partial charge on any atom is 0.241 e. The molecule has 3 aliphatic rings. The van der Waals surface area contributed by atoms with Crippen LogP contribution in [0.3, 0.4) is 0 Å². The lowest BCUT2D eigenvalue weighted by Gasteiger charge is -2.36. The predicted octanol–water partition coefficient (Wildman–Crippen LogP) is 2.68. The highest BCUT2D eigenvalue weighted by atomic mass is 35.5. The number of sulfonamides is 1. The van der Waals surface area contributed by atoms with E-state index in [0.29, 0.717) is 23.4 Å². The number of aromatic nitrogens is 1. The maximum atomic E-state index is 13.9. The maximum absolute atomic E-state index is 13.9. The van der Waals surface area contributed by atoms with E-state index in [2.05, 4.69) is 15.0 Å². The summed E-state index contributed by atoms with van der Waals surface area (Å²) in [5.41, 5.74) is 1.06. The van der Waals surface area contributed by atoms with Gasteiger partial charge in [-0.05, 0) is 80.0 Å². The van der Waals surface area contributed by atoms with E-state index in [4.69, 9.17) is 26.2 Å². The number of rotatable bonds is 17. The number of carbonyl (C=O) groups is 1. The smallest absolute Gasteiger partial charge is 0.241 e. The second-order valence-corrected chi connectivity index (χ2v) is 16.1. The Balaban J connectivity index is 1.17. The Hall–Kier alpha value is -3.18. The van der Waals surface area contributed by atoms with E-state index < -0.39 is 64.6 Å². The number of hydrogen-bond acceptors (Lipinski definition) is 11. The van der Waals surface area contributed by atoms with Crippen molar-refractivity contribution in [3.05, 3.63) is 77.1 Å². The number of para-hydroxylation sites is 1. The molecule has 0 spiro atoms. The van der Waals surface area contributed by atoms with Crippen LogP contribution in [0.25, 0.3) is 11.1 Å². The van der Waals surface area contributed by atoms with Gasteiger partial charge in [-0.3, -0.25) is 9.78 Å². The van der Waals surface area contributed by atoms with E-state index >= 15 is 0 Å². The van der Waals surface area contributed by atoms with Gasteiger partial charge in [0.05, 0.1) is 35.9 Å². The number of amides is 1. The molecule has 6 rings (SSSR count). The summed E-state index contributed by atoms with van der Waals surface area (Å²) in [6.07, 6.45) is 2.45. The van der Waals surface area contributed by atoms with Crippen molar-refractivity contribution in [2.75, 3.05) is 13.2 Å². The fraction of sp³-hybridized carbons (Fsp3) is 0.514. The number of benzene rings is 2. The average molecular weight is 760 g/mol. The highest BCUT2D eigenvalue weighted by molar-refractivity contribution is 7.89. The van der Waals surface area contributed by atoms with E-state index in [-0.39, 0.29) is 30.4 Å². The van der Waals surface area contributed by atoms with E-state index in [0.717, 1.165) is 54.5 Å². The van der Waals surface area contributed by atoms with Crippen LogP contribution < -0.4 is 14.8 Å². The Morgan fingerprint density at radius 1 is 0.942 bits per heavy atom. The van der Waals surface area contributed by atoms with Crippen LogP contribution in [0.5, 0.6) is 5.75 Å². The minimum atomic E-state index is -4.29. The number of nitrogens with one attached hydrogen (secondary N) is 2. The van der Waals surface area contributed by atoms with Crippen LogP contribution in [0.1, 0.15) is 68.9 Å². The summed E-state index contributed by atoms with van der Waals surface area (Å²) in [6.45, 7) is -1.38. The van der Waals surface area contributed by atoms with Gasteiger partial charge in [-0.25, -0.2) is 8.42 Å². The molecule has 0 radical (unpaired) electrons.